The number of carbonyl (C=O) groups is 1. The molecule has 0 bridgehead atoms. The maximum Gasteiger partial charge on any atom is 0.271 e. The monoisotopic (exact) mass is 257 g/mol. The average molecular weight is 258 g/mol. The minimum atomic E-state index is -0.304. The fraction of sp³-hybridized carbons (Fsp3) is 0.545. The lowest BCUT2D eigenvalue weighted by Gasteiger charge is -2.21. The normalized spacial score (nSPS) is 12.5. The molecule has 0 fully saturated rings. The first-order valence-electron chi connectivity index (χ1n) is 5.44. The first-order valence-corrected chi connectivity index (χ1v) is 5.81. The van der Waals surface area contributed by atoms with Gasteiger partial charge in [-0.2, -0.15) is 0 Å². The fourth-order valence-corrected chi connectivity index (χ4v) is 1.48. The molecule has 0 aliphatic heterocycles. The van der Waals surface area contributed by atoms with Crippen LogP contribution < -0.4 is 5.32 Å². The van der Waals surface area contributed by atoms with E-state index < -0.39 is 0 Å². The number of carbonyl (C=O) groups excluding carboxylic acids is 1. The van der Waals surface area contributed by atoms with Crippen molar-refractivity contribution in [1.29, 1.82) is 0 Å². The van der Waals surface area contributed by atoms with Crippen LogP contribution in [-0.4, -0.2) is 33.6 Å². The van der Waals surface area contributed by atoms with E-state index in [0.717, 1.165) is 0 Å². The van der Waals surface area contributed by atoms with E-state index >= 15 is 0 Å². The van der Waals surface area contributed by atoms with E-state index in [2.05, 4.69) is 15.3 Å². The number of hydrogen-bond donors (Lipinski definition) is 2. The third-order valence-electron chi connectivity index (χ3n) is 2.41. The number of hydrogen-bond acceptors (Lipinski definition) is 4. The Morgan fingerprint density at radius 3 is 2.65 bits per heavy atom. The van der Waals surface area contributed by atoms with Crippen molar-refractivity contribution in [3.63, 3.8) is 0 Å². The summed E-state index contributed by atoms with van der Waals surface area (Å²) in [6.07, 6.45) is 3.17. The molecule has 0 saturated heterocycles. The van der Waals surface area contributed by atoms with Gasteiger partial charge >= 0.3 is 0 Å². The molecule has 1 rings (SSSR count). The lowest BCUT2D eigenvalue weighted by molar-refractivity contribution is 0.0911. The summed E-state index contributed by atoms with van der Waals surface area (Å²) >= 11 is 5.58. The molecule has 1 aromatic rings. The van der Waals surface area contributed by atoms with Crippen molar-refractivity contribution in [3.8, 4) is 0 Å². The summed E-state index contributed by atoms with van der Waals surface area (Å²) < 4.78 is 0. The van der Waals surface area contributed by atoms with Gasteiger partial charge in [-0.1, -0.05) is 25.4 Å². The third kappa shape index (κ3) is 4.28. The van der Waals surface area contributed by atoms with E-state index in [-0.39, 0.29) is 35.3 Å². The molecule has 0 spiro atoms. The number of aliphatic hydroxyl groups is 1. The van der Waals surface area contributed by atoms with E-state index in [9.17, 15) is 4.79 Å². The highest BCUT2D eigenvalue weighted by atomic mass is 35.5. The molecule has 6 heteroatoms. The van der Waals surface area contributed by atoms with Gasteiger partial charge in [0.05, 0.1) is 12.4 Å². The summed E-state index contributed by atoms with van der Waals surface area (Å²) in [6, 6.07) is -0.0787. The van der Waals surface area contributed by atoms with Crippen LogP contribution in [0.1, 0.15) is 30.8 Å². The molecule has 1 unspecified atom stereocenters. The van der Waals surface area contributed by atoms with Crippen LogP contribution in [0.15, 0.2) is 12.4 Å². The van der Waals surface area contributed by atoms with Gasteiger partial charge < -0.3 is 10.4 Å². The number of aliphatic hydroxyl groups excluding tert-OH is 1. The summed E-state index contributed by atoms with van der Waals surface area (Å²) in [5.41, 5.74) is 0.220. The van der Waals surface area contributed by atoms with Gasteiger partial charge in [0.25, 0.3) is 5.91 Å². The number of nitrogens with one attached hydrogen (secondary N) is 1. The average Bonchev–Trinajstić information content (AvgIpc) is 2.29. The van der Waals surface area contributed by atoms with Crippen molar-refractivity contribution in [2.75, 3.05) is 6.61 Å². The third-order valence-corrected chi connectivity index (χ3v) is 2.61. The zero-order valence-corrected chi connectivity index (χ0v) is 10.6. The van der Waals surface area contributed by atoms with Gasteiger partial charge in [-0.15, -0.1) is 0 Å². The summed E-state index contributed by atoms with van der Waals surface area (Å²) in [5.74, 6) is -0.0623. The summed E-state index contributed by atoms with van der Waals surface area (Å²) in [6.45, 7) is 4.00. The van der Waals surface area contributed by atoms with Crippen molar-refractivity contribution in [2.45, 2.75) is 26.3 Å². The minimum Gasteiger partial charge on any atom is -0.396 e. The van der Waals surface area contributed by atoms with Crippen molar-refractivity contribution >= 4 is 17.5 Å². The molecule has 2 N–H and O–H groups in total. The van der Waals surface area contributed by atoms with Gasteiger partial charge in [0.1, 0.15) is 10.8 Å². The Balaban J connectivity index is 2.66. The second-order valence-electron chi connectivity index (χ2n) is 4.06. The Labute approximate surface area is 105 Å². The van der Waals surface area contributed by atoms with Crippen LogP contribution in [-0.2, 0) is 0 Å². The molecule has 1 aromatic heterocycles. The molecule has 94 valence electrons. The molecule has 0 aromatic carbocycles. The molecule has 0 saturated carbocycles. The standard InChI is InChI=1S/C11H16ClN3O2/c1-7(2)8(3-4-16)15-11(17)9-5-14-10(12)6-13-9/h5-8,16H,3-4H2,1-2H3,(H,15,17). The predicted octanol–water partition coefficient (Wildman–Crippen LogP) is 1.27. The van der Waals surface area contributed by atoms with Crippen molar-refractivity contribution in [1.82, 2.24) is 15.3 Å². The van der Waals surface area contributed by atoms with Gasteiger partial charge in [-0.05, 0) is 12.3 Å². The molecule has 0 radical (unpaired) electrons. The highest BCUT2D eigenvalue weighted by Gasteiger charge is 2.17. The van der Waals surface area contributed by atoms with Gasteiger partial charge in [0.2, 0.25) is 0 Å². The number of amides is 1. The lowest BCUT2D eigenvalue weighted by Crippen LogP contribution is -2.39. The van der Waals surface area contributed by atoms with Crippen LogP contribution in [0.5, 0.6) is 0 Å². The van der Waals surface area contributed by atoms with Gasteiger partial charge in [0, 0.05) is 12.6 Å². The highest BCUT2D eigenvalue weighted by molar-refractivity contribution is 6.29. The molecular formula is C11H16ClN3O2. The predicted molar refractivity (Wildman–Crippen MR) is 64.8 cm³/mol. The van der Waals surface area contributed by atoms with Gasteiger partial charge in [0.15, 0.2) is 0 Å². The van der Waals surface area contributed by atoms with E-state index in [4.69, 9.17) is 16.7 Å². The molecular weight excluding hydrogens is 242 g/mol. The molecule has 0 aliphatic carbocycles. The molecule has 17 heavy (non-hydrogen) atoms. The Hall–Kier alpha value is -1.20. The number of rotatable bonds is 5. The second-order valence-corrected chi connectivity index (χ2v) is 4.45. The maximum absolute atomic E-state index is 11.8. The highest BCUT2D eigenvalue weighted by Crippen LogP contribution is 2.07. The van der Waals surface area contributed by atoms with Crippen LogP contribution in [0, 0.1) is 5.92 Å². The zero-order chi connectivity index (χ0) is 12.8. The molecule has 1 amide bonds. The van der Waals surface area contributed by atoms with Crippen molar-refractivity contribution in [2.24, 2.45) is 5.92 Å². The number of aromatic nitrogens is 2. The summed E-state index contributed by atoms with van der Waals surface area (Å²) in [7, 11) is 0. The van der Waals surface area contributed by atoms with Crippen LogP contribution >= 0.6 is 11.6 Å². The van der Waals surface area contributed by atoms with Crippen molar-refractivity contribution in [3.05, 3.63) is 23.2 Å². The van der Waals surface area contributed by atoms with Crippen LogP contribution in [0.3, 0.4) is 0 Å². The molecule has 1 atom stereocenters. The molecule has 1 heterocycles. The van der Waals surface area contributed by atoms with Gasteiger partial charge in [-0.25, -0.2) is 9.97 Å². The largest absolute Gasteiger partial charge is 0.396 e. The van der Waals surface area contributed by atoms with E-state index in [1.807, 2.05) is 13.8 Å². The van der Waals surface area contributed by atoms with Crippen molar-refractivity contribution < 1.29 is 9.90 Å². The Kier molecular flexibility index (Phi) is 5.31. The van der Waals surface area contributed by atoms with E-state index in [1.165, 1.54) is 12.4 Å². The second kappa shape index (κ2) is 6.51. The summed E-state index contributed by atoms with van der Waals surface area (Å²) in [5, 5.41) is 12.0. The Bertz CT molecular complexity index is 367. The smallest absolute Gasteiger partial charge is 0.271 e. The number of halogens is 1. The first-order chi connectivity index (χ1) is 8.04. The van der Waals surface area contributed by atoms with Crippen LogP contribution in [0.25, 0.3) is 0 Å². The van der Waals surface area contributed by atoms with Crippen LogP contribution in [0.4, 0.5) is 0 Å². The fourth-order valence-electron chi connectivity index (χ4n) is 1.38. The summed E-state index contributed by atoms with van der Waals surface area (Å²) in [4.78, 5) is 19.5. The Morgan fingerprint density at radius 1 is 1.47 bits per heavy atom. The van der Waals surface area contributed by atoms with Crippen LogP contribution in [0.2, 0.25) is 5.15 Å². The maximum atomic E-state index is 11.8. The SMILES string of the molecule is CC(C)C(CCO)NC(=O)c1cnc(Cl)cn1. The minimum absolute atomic E-state index is 0.0371. The quantitative estimate of drug-likeness (QED) is 0.833. The lowest BCUT2D eigenvalue weighted by atomic mass is 10.0. The first kappa shape index (κ1) is 13.9. The topological polar surface area (TPSA) is 75.1 Å². The molecule has 5 nitrogen and oxygen atoms in total. The van der Waals surface area contributed by atoms with E-state index in [1.54, 1.807) is 0 Å². The van der Waals surface area contributed by atoms with E-state index in [0.29, 0.717) is 6.42 Å². The number of nitrogens with zero attached hydrogens (tertiary/aromatic N) is 2. The molecule has 0 aliphatic rings. The Morgan fingerprint density at radius 2 is 2.18 bits per heavy atom. The zero-order valence-electron chi connectivity index (χ0n) is 9.85. The van der Waals surface area contributed by atoms with Gasteiger partial charge in [-0.3, -0.25) is 4.79 Å².